The molecule has 0 spiro atoms. The maximum absolute atomic E-state index is 3.95. The molecule has 0 heterocycles. The molecule has 1 aliphatic carbocycles. The maximum atomic E-state index is 3.95. The fraction of sp³-hybridized carbons (Fsp3) is 0.103. The predicted molar refractivity (Wildman–Crippen MR) is 257 cm³/mol. The summed E-state index contributed by atoms with van der Waals surface area (Å²) in [6, 6.07) is 73.5. The van der Waals surface area contributed by atoms with Crippen molar-refractivity contribution < 1.29 is 0 Å². The molecule has 0 aliphatic heterocycles. The van der Waals surface area contributed by atoms with Crippen LogP contribution >= 0.6 is 0 Å². The van der Waals surface area contributed by atoms with Crippen molar-refractivity contribution in [2.45, 2.75) is 38.5 Å². The van der Waals surface area contributed by atoms with E-state index < -0.39 is 0 Å². The molecular formula is C58H48N2. The summed E-state index contributed by atoms with van der Waals surface area (Å²) in [4.78, 5) is 4.86. The summed E-state index contributed by atoms with van der Waals surface area (Å²) in [6.07, 6.45) is 1.90. The number of hydrogen-bond donors (Lipinski definition) is 0. The summed E-state index contributed by atoms with van der Waals surface area (Å²) in [5, 5.41) is 4.89. The summed E-state index contributed by atoms with van der Waals surface area (Å²) >= 11 is 0. The van der Waals surface area contributed by atoms with Gasteiger partial charge in [-0.1, -0.05) is 180 Å². The van der Waals surface area contributed by atoms with Gasteiger partial charge in [-0.05, 0) is 110 Å². The Morgan fingerprint density at radius 3 is 1.35 bits per heavy atom. The first-order chi connectivity index (χ1) is 29.2. The van der Waals surface area contributed by atoms with Crippen molar-refractivity contribution in [2.75, 3.05) is 9.80 Å². The predicted octanol–water partition coefficient (Wildman–Crippen LogP) is 16.2. The Hall–Kier alpha value is -7.16. The third-order valence-electron chi connectivity index (χ3n) is 12.9. The molecule has 9 aromatic rings. The number of hydrogen-bond acceptors (Lipinski definition) is 2. The third kappa shape index (κ3) is 6.19. The normalized spacial score (nSPS) is 12.9. The van der Waals surface area contributed by atoms with Gasteiger partial charge in [0.2, 0.25) is 0 Å². The molecule has 2 nitrogen and oxygen atoms in total. The quantitative estimate of drug-likeness (QED) is 0.144. The fourth-order valence-electron chi connectivity index (χ4n) is 9.46. The third-order valence-corrected chi connectivity index (χ3v) is 12.9. The number of benzene rings is 9. The molecule has 0 aromatic heterocycles. The van der Waals surface area contributed by atoms with E-state index in [1.165, 1.54) is 60.6 Å². The van der Waals surface area contributed by atoms with Gasteiger partial charge in [-0.2, -0.15) is 0 Å². The second-order valence-corrected chi connectivity index (χ2v) is 17.1. The molecule has 2 heteroatoms. The topological polar surface area (TPSA) is 6.48 Å². The lowest BCUT2D eigenvalue weighted by Crippen LogP contribution is -2.19. The Labute approximate surface area is 354 Å². The average Bonchev–Trinajstić information content (AvgIpc) is 3.52. The molecule has 1 aliphatic rings. The van der Waals surface area contributed by atoms with Crippen LogP contribution in [-0.4, -0.2) is 0 Å². The highest BCUT2D eigenvalue weighted by atomic mass is 15.1. The van der Waals surface area contributed by atoms with Crippen LogP contribution < -0.4 is 9.80 Å². The number of rotatable bonds is 9. The van der Waals surface area contributed by atoms with Crippen molar-refractivity contribution >= 4 is 61.7 Å². The van der Waals surface area contributed by atoms with Crippen molar-refractivity contribution in [3.05, 3.63) is 235 Å². The van der Waals surface area contributed by atoms with Crippen LogP contribution in [0.15, 0.2) is 207 Å². The number of fused-ring (bicyclic) bond motifs is 5. The lowest BCUT2D eigenvalue weighted by Gasteiger charge is -2.31. The monoisotopic (exact) mass is 772 g/mol. The van der Waals surface area contributed by atoms with Crippen LogP contribution in [-0.2, 0) is 10.8 Å². The summed E-state index contributed by atoms with van der Waals surface area (Å²) in [5.41, 5.74) is 15.4. The summed E-state index contributed by atoms with van der Waals surface area (Å²) < 4.78 is 0. The van der Waals surface area contributed by atoms with E-state index in [4.69, 9.17) is 0 Å². The minimum absolute atomic E-state index is 0.172. The van der Waals surface area contributed by atoms with E-state index >= 15 is 0 Å². The van der Waals surface area contributed by atoms with E-state index in [1.807, 2.05) is 6.08 Å². The fourth-order valence-corrected chi connectivity index (χ4v) is 9.46. The van der Waals surface area contributed by atoms with E-state index in [0.717, 1.165) is 34.0 Å². The average molecular weight is 773 g/mol. The zero-order valence-electron chi connectivity index (χ0n) is 34.7. The van der Waals surface area contributed by atoms with Gasteiger partial charge in [0.1, 0.15) is 0 Å². The largest absolute Gasteiger partial charge is 0.310 e. The molecule has 10 rings (SSSR count). The molecule has 0 amide bonds. The Balaban J connectivity index is 1.08. The molecule has 0 radical (unpaired) electrons. The summed E-state index contributed by atoms with van der Waals surface area (Å²) in [6.45, 7) is 13.3. The van der Waals surface area contributed by atoms with Gasteiger partial charge in [0, 0.05) is 44.4 Å². The van der Waals surface area contributed by atoms with E-state index in [9.17, 15) is 0 Å². The van der Waals surface area contributed by atoms with Crippen LogP contribution in [0.3, 0.4) is 0 Å². The molecule has 290 valence electrons. The van der Waals surface area contributed by atoms with Crippen molar-refractivity contribution in [1.29, 1.82) is 0 Å². The van der Waals surface area contributed by atoms with Gasteiger partial charge in [0.15, 0.2) is 0 Å². The van der Waals surface area contributed by atoms with Crippen LogP contribution in [0.25, 0.3) is 38.7 Å². The lowest BCUT2D eigenvalue weighted by atomic mass is 9.78. The Morgan fingerprint density at radius 1 is 0.433 bits per heavy atom. The molecular weight excluding hydrogens is 725 g/mol. The van der Waals surface area contributed by atoms with E-state index in [-0.39, 0.29) is 10.8 Å². The number of anilines is 6. The van der Waals surface area contributed by atoms with Crippen LogP contribution in [0.5, 0.6) is 0 Å². The number of para-hydroxylation sites is 1. The van der Waals surface area contributed by atoms with Gasteiger partial charge < -0.3 is 9.80 Å². The second-order valence-electron chi connectivity index (χ2n) is 17.1. The van der Waals surface area contributed by atoms with Crippen molar-refractivity contribution in [3.8, 4) is 11.1 Å². The Bertz CT molecular complexity index is 3040. The second kappa shape index (κ2) is 14.6. The van der Waals surface area contributed by atoms with Crippen LogP contribution in [0.1, 0.15) is 55.5 Å². The van der Waals surface area contributed by atoms with Gasteiger partial charge in [-0.3, -0.25) is 0 Å². The highest BCUT2D eigenvalue weighted by molar-refractivity contribution is 6.01. The summed E-state index contributed by atoms with van der Waals surface area (Å²) in [7, 11) is 0. The molecule has 0 saturated carbocycles. The zero-order valence-corrected chi connectivity index (χ0v) is 34.7. The zero-order chi connectivity index (χ0) is 41.0. The minimum atomic E-state index is -0.253. The highest BCUT2D eigenvalue weighted by Gasteiger charge is 2.37. The van der Waals surface area contributed by atoms with E-state index in [1.54, 1.807) is 0 Å². The Kier molecular flexibility index (Phi) is 9.03. The van der Waals surface area contributed by atoms with Crippen LogP contribution in [0.2, 0.25) is 0 Å². The van der Waals surface area contributed by atoms with Crippen molar-refractivity contribution in [3.63, 3.8) is 0 Å². The highest BCUT2D eigenvalue weighted by Crippen LogP contribution is 2.53. The molecule has 0 fully saturated rings. The smallest absolute Gasteiger partial charge is 0.0540 e. The van der Waals surface area contributed by atoms with Gasteiger partial charge >= 0.3 is 0 Å². The van der Waals surface area contributed by atoms with Gasteiger partial charge in [-0.25, -0.2) is 0 Å². The molecule has 0 atom stereocenters. The molecule has 0 saturated heterocycles. The molecule has 60 heavy (non-hydrogen) atoms. The Morgan fingerprint density at radius 2 is 0.850 bits per heavy atom. The molecule has 9 aromatic carbocycles. The van der Waals surface area contributed by atoms with Crippen molar-refractivity contribution in [1.82, 2.24) is 0 Å². The standard InChI is InChI=1S/C58H48N2/c1-6-40-26-28-43(29-27-40)57(2,3)44-30-32-46(33-31-44)60(56-25-15-19-42-17-11-13-23-50(42)56)48-35-37-52-51-36-34-47(38-53(51)58(4,5)54(52)39-48)59(45-20-8-7-9-21-45)55-24-14-18-41-16-10-12-22-49(41)55/h6-39H,1H2,2-5H3. The van der Waals surface area contributed by atoms with Crippen molar-refractivity contribution in [2.24, 2.45) is 0 Å². The first-order valence-corrected chi connectivity index (χ1v) is 21.0. The van der Waals surface area contributed by atoms with E-state index in [2.05, 4.69) is 244 Å². The van der Waals surface area contributed by atoms with Gasteiger partial charge in [0.25, 0.3) is 0 Å². The summed E-state index contributed by atoms with van der Waals surface area (Å²) in [5.74, 6) is 0. The minimum Gasteiger partial charge on any atom is -0.310 e. The first kappa shape index (κ1) is 37.1. The maximum Gasteiger partial charge on any atom is 0.0540 e. The van der Waals surface area contributed by atoms with E-state index in [0.29, 0.717) is 0 Å². The van der Waals surface area contributed by atoms with Crippen LogP contribution in [0.4, 0.5) is 34.1 Å². The van der Waals surface area contributed by atoms with Gasteiger partial charge in [0.05, 0.1) is 11.4 Å². The molecule has 0 unspecified atom stereocenters. The van der Waals surface area contributed by atoms with Crippen LogP contribution in [0, 0.1) is 0 Å². The number of nitrogens with zero attached hydrogens (tertiary/aromatic N) is 2. The van der Waals surface area contributed by atoms with Gasteiger partial charge in [-0.15, -0.1) is 0 Å². The molecule has 0 bridgehead atoms. The first-order valence-electron chi connectivity index (χ1n) is 21.0. The SMILES string of the molecule is C=Cc1ccc(C(C)(C)c2ccc(N(c3ccc4c(c3)C(C)(C)c3cc(N(c5ccccc5)c5cccc6ccccc56)ccc3-4)c3cccc4ccccc34)cc2)cc1. The molecule has 0 N–H and O–H groups in total. The lowest BCUT2D eigenvalue weighted by molar-refractivity contribution is 0.641.